The van der Waals surface area contributed by atoms with Crippen molar-refractivity contribution in [2.45, 2.75) is 31.7 Å². The maximum Gasteiger partial charge on any atom is 0.155 e. The summed E-state index contributed by atoms with van der Waals surface area (Å²) in [6, 6.07) is 5.51. The smallest absolute Gasteiger partial charge is 0.155 e. The van der Waals surface area contributed by atoms with Gasteiger partial charge in [0, 0.05) is 23.3 Å². The molecule has 0 saturated heterocycles. The molecule has 24 heavy (non-hydrogen) atoms. The van der Waals surface area contributed by atoms with Crippen LogP contribution in [-0.4, -0.2) is 31.4 Å². The van der Waals surface area contributed by atoms with E-state index in [9.17, 15) is 0 Å². The van der Waals surface area contributed by atoms with Crippen molar-refractivity contribution in [2.75, 3.05) is 7.11 Å². The van der Waals surface area contributed by atoms with Crippen LogP contribution >= 0.6 is 11.6 Å². The molecule has 0 aliphatic heterocycles. The average molecular weight is 344 g/mol. The molecule has 1 aliphatic rings. The Hall–Kier alpha value is -2.34. The highest BCUT2D eigenvalue weighted by molar-refractivity contribution is 6.30. The van der Waals surface area contributed by atoms with Gasteiger partial charge in [-0.05, 0) is 38.0 Å². The first-order valence-electron chi connectivity index (χ1n) is 7.95. The Morgan fingerprint density at radius 3 is 2.83 bits per heavy atom. The van der Waals surface area contributed by atoms with Crippen molar-refractivity contribution < 1.29 is 4.74 Å². The molecule has 1 atom stereocenters. The topological polar surface area (TPSA) is 57.8 Å². The van der Waals surface area contributed by atoms with Crippen LogP contribution in [0.1, 0.15) is 43.4 Å². The van der Waals surface area contributed by atoms with Gasteiger partial charge in [-0.15, -0.1) is 0 Å². The van der Waals surface area contributed by atoms with Crippen molar-refractivity contribution >= 4 is 11.6 Å². The minimum Gasteiger partial charge on any atom is -0.494 e. The number of hydrogen-bond donors (Lipinski definition) is 0. The van der Waals surface area contributed by atoms with E-state index in [2.05, 4.69) is 11.9 Å². The van der Waals surface area contributed by atoms with Crippen molar-refractivity contribution in [3.63, 3.8) is 0 Å². The lowest BCUT2D eigenvalue weighted by molar-refractivity contribution is 0.410. The fourth-order valence-electron chi connectivity index (χ4n) is 2.76. The van der Waals surface area contributed by atoms with Crippen LogP contribution in [-0.2, 0) is 0 Å². The number of imidazole rings is 1. The Morgan fingerprint density at radius 2 is 2.17 bits per heavy atom. The predicted molar refractivity (Wildman–Crippen MR) is 90.9 cm³/mol. The third kappa shape index (κ3) is 2.67. The second-order valence-corrected chi connectivity index (χ2v) is 6.45. The summed E-state index contributed by atoms with van der Waals surface area (Å²) in [7, 11) is 1.64. The minimum atomic E-state index is -0.00353. The lowest BCUT2D eigenvalue weighted by Crippen LogP contribution is -2.13. The quantitative estimate of drug-likeness (QED) is 0.710. The van der Waals surface area contributed by atoms with Gasteiger partial charge in [-0.2, -0.15) is 5.10 Å². The number of aromatic nitrogens is 5. The molecule has 0 spiro atoms. The number of nitrogens with zero attached hydrogens (tertiary/aromatic N) is 5. The van der Waals surface area contributed by atoms with E-state index in [1.54, 1.807) is 19.6 Å². The lowest BCUT2D eigenvalue weighted by atomic mass is 10.2. The Kier molecular flexibility index (Phi) is 3.76. The van der Waals surface area contributed by atoms with Crippen LogP contribution in [0.4, 0.5) is 0 Å². The highest BCUT2D eigenvalue weighted by Gasteiger charge is 2.31. The molecule has 4 rings (SSSR count). The first-order valence-corrected chi connectivity index (χ1v) is 8.33. The Balaban J connectivity index is 1.86. The summed E-state index contributed by atoms with van der Waals surface area (Å²) in [5, 5.41) is 5.39. The molecule has 7 heteroatoms. The third-order valence-electron chi connectivity index (χ3n) is 4.31. The molecule has 3 aromatic rings. The van der Waals surface area contributed by atoms with E-state index >= 15 is 0 Å². The Bertz CT molecular complexity index is 854. The van der Waals surface area contributed by atoms with Crippen LogP contribution in [0.15, 0.2) is 36.9 Å². The molecule has 2 aromatic heterocycles. The molecule has 0 N–H and O–H groups in total. The van der Waals surface area contributed by atoms with E-state index in [-0.39, 0.29) is 6.04 Å². The second kappa shape index (κ2) is 5.94. The van der Waals surface area contributed by atoms with Crippen LogP contribution in [0.25, 0.3) is 5.69 Å². The summed E-state index contributed by atoms with van der Waals surface area (Å²) < 4.78 is 9.36. The van der Waals surface area contributed by atoms with E-state index in [4.69, 9.17) is 26.4 Å². The summed E-state index contributed by atoms with van der Waals surface area (Å²) >= 11 is 6.20. The zero-order valence-corrected chi connectivity index (χ0v) is 14.3. The first-order chi connectivity index (χ1) is 11.7. The molecular formula is C17H18ClN5O. The highest BCUT2D eigenvalue weighted by atomic mass is 35.5. The van der Waals surface area contributed by atoms with Crippen molar-refractivity contribution in [3.05, 3.63) is 53.6 Å². The summed E-state index contributed by atoms with van der Waals surface area (Å²) in [6.45, 7) is 2.08. The van der Waals surface area contributed by atoms with Gasteiger partial charge >= 0.3 is 0 Å². The molecule has 1 fully saturated rings. The molecule has 0 amide bonds. The van der Waals surface area contributed by atoms with Gasteiger partial charge in [0.25, 0.3) is 0 Å². The van der Waals surface area contributed by atoms with Crippen molar-refractivity contribution in [2.24, 2.45) is 0 Å². The normalized spacial score (nSPS) is 15.5. The molecule has 1 saturated carbocycles. The molecule has 0 radical (unpaired) electrons. The maximum absolute atomic E-state index is 6.20. The van der Waals surface area contributed by atoms with Gasteiger partial charge in [-0.25, -0.2) is 14.6 Å². The van der Waals surface area contributed by atoms with Crippen molar-refractivity contribution in [1.29, 1.82) is 0 Å². The maximum atomic E-state index is 6.20. The molecule has 1 aromatic carbocycles. The zero-order valence-electron chi connectivity index (χ0n) is 13.6. The molecule has 0 bridgehead atoms. The first kappa shape index (κ1) is 15.2. The van der Waals surface area contributed by atoms with E-state index in [1.807, 2.05) is 33.6 Å². The number of hydrogen-bond acceptors (Lipinski definition) is 4. The van der Waals surface area contributed by atoms with Gasteiger partial charge in [0.05, 0.1) is 19.5 Å². The standard InChI is InChI=1S/C17H18ClN5O/c1-11(22-8-7-19-10-22)17-20-16(12-3-4-12)21-23(17)14-9-13(18)5-6-15(14)24-2/h5-12H,3-4H2,1-2H3. The van der Waals surface area contributed by atoms with Crippen LogP contribution in [0.2, 0.25) is 5.02 Å². The predicted octanol–water partition coefficient (Wildman–Crippen LogP) is 3.61. The highest BCUT2D eigenvalue weighted by Crippen LogP contribution is 2.39. The Labute approximate surface area is 145 Å². The van der Waals surface area contributed by atoms with E-state index in [1.165, 1.54) is 0 Å². The zero-order chi connectivity index (χ0) is 16.7. The molecule has 1 unspecified atom stereocenters. The molecule has 2 heterocycles. The largest absolute Gasteiger partial charge is 0.494 e. The lowest BCUT2D eigenvalue weighted by Gasteiger charge is -2.15. The van der Waals surface area contributed by atoms with Crippen LogP contribution < -0.4 is 4.74 Å². The van der Waals surface area contributed by atoms with Crippen molar-refractivity contribution in [3.8, 4) is 11.4 Å². The van der Waals surface area contributed by atoms with Gasteiger partial charge < -0.3 is 9.30 Å². The van der Waals surface area contributed by atoms with Gasteiger partial charge in [0.15, 0.2) is 11.6 Å². The average Bonchev–Trinajstić information content (AvgIpc) is 3.13. The summed E-state index contributed by atoms with van der Waals surface area (Å²) in [6.07, 6.45) is 7.77. The monoisotopic (exact) mass is 343 g/mol. The second-order valence-electron chi connectivity index (χ2n) is 6.02. The summed E-state index contributed by atoms with van der Waals surface area (Å²) in [4.78, 5) is 8.95. The van der Waals surface area contributed by atoms with Gasteiger partial charge in [-0.1, -0.05) is 11.6 Å². The van der Waals surface area contributed by atoms with Crippen LogP contribution in [0.3, 0.4) is 0 Å². The number of ether oxygens (including phenoxy) is 1. The van der Waals surface area contributed by atoms with Gasteiger partial charge in [0.2, 0.25) is 0 Å². The Morgan fingerprint density at radius 1 is 1.33 bits per heavy atom. The number of methoxy groups -OCH3 is 1. The van der Waals surface area contributed by atoms with Crippen LogP contribution in [0.5, 0.6) is 5.75 Å². The van der Waals surface area contributed by atoms with Gasteiger partial charge in [-0.3, -0.25) is 0 Å². The molecule has 1 aliphatic carbocycles. The summed E-state index contributed by atoms with van der Waals surface area (Å²) in [5.41, 5.74) is 0.798. The van der Waals surface area contributed by atoms with E-state index in [0.717, 1.165) is 30.2 Å². The number of halogens is 1. The van der Waals surface area contributed by atoms with Crippen molar-refractivity contribution in [1.82, 2.24) is 24.3 Å². The number of rotatable bonds is 5. The fourth-order valence-corrected chi connectivity index (χ4v) is 2.93. The number of benzene rings is 1. The minimum absolute atomic E-state index is 0.00353. The SMILES string of the molecule is COc1ccc(Cl)cc1-n1nc(C2CC2)nc1C(C)n1ccnc1. The van der Waals surface area contributed by atoms with E-state index < -0.39 is 0 Å². The van der Waals surface area contributed by atoms with Crippen LogP contribution in [0, 0.1) is 0 Å². The summed E-state index contributed by atoms with van der Waals surface area (Å²) in [5.74, 6) is 2.91. The van der Waals surface area contributed by atoms with Gasteiger partial charge in [0.1, 0.15) is 11.4 Å². The molecular weight excluding hydrogens is 326 g/mol. The molecule has 124 valence electrons. The fraction of sp³-hybridized carbons (Fsp3) is 0.353. The van der Waals surface area contributed by atoms with E-state index in [0.29, 0.717) is 16.7 Å². The molecule has 6 nitrogen and oxygen atoms in total. The third-order valence-corrected chi connectivity index (χ3v) is 4.54.